The quantitative estimate of drug-likeness (QED) is 0.747. The third kappa shape index (κ3) is 4.89. The lowest BCUT2D eigenvalue weighted by atomic mass is 9.88. The number of rotatable bonds is 7. The van der Waals surface area contributed by atoms with Crippen molar-refractivity contribution in [2.45, 2.75) is 32.2 Å². The first-order valence-corrected chi connectivity index (χ1v) is 7.92. The summed E-state index contributed by atoms with van der Waals surface area (Å²) < 4.78 is 0. The number of hydrogen-bond acceptors (Lipinski definition) is 3. The highest BCUT2D eigenvalue weighted by Crippen LogP contribution is 2.21. The van der Waals surface area contributed by atoms with E-state index < -0.39 is 0 Å². The Hall–Kier alpha value is -0.900. The maximum atomic E-state index is 8.89. The van der Waals surface area contributed by atoms with Crippen molar-refractivity contribution >= 4 is 0 Å². The summed E-state index contributed by atoms with van der Waals surface area (Å²) in [6.07, 6.45) is 3.28. The van der Waals surface area contributed by atoms with Crippen molar-refractivity contribution in [3.05, 3.63) is 35.9 Å². The lowest BCUT2D eigenvalue weighted by molar-refractivity contribution is 0.145. The fraction of sp³-hybridized carbons (Fsp3) is 0.647. The van der Waals surface area contributed by atoms with Crippen molar-refractivity contribution in [1.82, 2.24) is 10.2 Å². The Morgan fingerprint density at radius 2 is 2.05 bits per heavy atom. The molecule has 2 atom stereocenters. The molecule has 0 aliphatic carbocycles. The van der Waals surface area contributed by atoms with Crippen molar-refractivity contribution in [3.63, 3.8) is 0 Å². The van der Waals surface area contributed by atoms with Gasteiger partial charge in [-0.2, -0.15) is 0 Å². The molecular formula is C17H28N2O. The number of benzene rings is 1. The summed E-state index contributed by atoms with van der Waals surface area (Å²) in [6, 6.07) is 11.4. The lowest BCUT2D eigenvalue weighted by Gasteiger charge is -2.38. The van der Waals surface area contributed by atoms with Crippen molar-refractivity contribution in [2.75, 3.05) is 32.8 Å². The Balaban J connectivity index is 1.87. The van der Waals surface area contributed by atoms with Crippen LogP contribution in [-0.2, 0) is 6.42 Å². The smallest absolute Gasteiger partial charge is 0.0443 e. The number of nitrogens with one attached hydrogen (secondary N) is 1. The van der Waals surface area contributed by atoms with E-state index in [9.17, 15) is 0 Å². The van der Waals surface area contributed by atoms with E-state index in [0.717, 1.165) is 32.0 Å². The first-order valence-electron chi connectivity index (χ1n) is 7.92. The van der Waals surface area contributed by atoms with Crippen molar-refractivity contribution in [2.24, 2.45) is 5.92 Å². The number of nitrogens with zero attached hydrogens (tertiary/aromatic N) is 1. The van der Waals surface area contributed by atoms with E-state index in [0.29, 0.717) is 6.04 Å². The third-order valence-corrected chi connectivity index (χ3v) is 4.20. The Morgan fingerprint density at radius 3 is 2.75 bits per heavy atom. The molecule has 2 unspecified atom stereocenters. The van der Waals surface area contributed by atoms with Gasteiger partial charge in [0.05, 0.1) is 0 Å². The average Bonchev–Trinajstić information content (AvgIpc) is 2.48. The molecule has 1 aliphatic heterocycles. The summed E-state index contributed by atoms with van der Waals surface area (Å²) in [4.78, 5) is 2.55. The maximum absolute atomic E-state index is 8.89. The van der Waals surface area contributed by atoms with Crippen LogP contribution in [0.5, 0.6) is 0 Å². The number of likely N-dealkylation sites (tertiary alicyclic amines) is 1. The predicted molar refractivity (Wildman–Crippen MR) is 83.9 cm³/mol. The van der Waals surface area contributed by atoms with Crippen LogP contribution in [0.1, 0.15) is 25.3 Å². The molecular weight excluding hydrogens is 248 g/mol. The van der Waals surface area contributed by atoms with E-state index in [4.69, 9.17) is 5.11 Å². The molecule has 2 rings (SSSR count). The van der Waals surface area contributed by atoms with Crippen LogP contribution in [0.4, 0.5) is 0 Å². The second-order valence-corrected chi connectivity index (χ2v) is 5.87. The monoisotopic (exact) mass is 276 g/mol. The molecule has 1 aromatic carbocycles. The molecule has 0 radical (unpaired) electrons. The number of piperidine rings is 1. The standard InChI is InChI=1S/C17H28N2O/c1-2-19-13-16(11-15-7-4-3-5-8-15)12-17(14-19)18-9-6-10-20/h3-5,7-8,16-18,20H,2,6,9-14H2,1H3. The molecule has 0 aromatic heterocycles. The topological polar surface area (TPSA) is 35.5 Å². The molecule has 2 N–H and O–H groups in total. The summed E-state index contributed by atoms with van der Waals surface area (Å²) in [6.45, 7) is 6.94. The van der Waals surface area contributed by atoms with Crippen LogP contribution >= 0.6 is 0 Å². The highest BCUT2D eigenvalue weighted by Gasteiger charge is 2.25. The Bertz CT molecular complexity index is 369. The van der Waals surface area contributed by atoms with Crippen LogP contribution in [0.15, 0.2) is 30.3 Å². The third-order valence-electron chi connectivity index (χ3n) is 4.20. The molecule has 1 fully saturated rings. The van der Waals surface area contributed by atoms with Gasteiger partial charge in [-0.1, -0.05) is 37.3 Å². The lowest BCUT2D eigenvalue weighted by Crippen LogP contribution is -2.49. The summed E-state index contributed by atoms with van der Waals surface area (Å²) >= 11 is 0. The fourth-order valence-electron chi connectivity index (χ4n) is 3.19. The second kappa shape index (κ2) is 8.40. The molecule has 0 bridgehead atoms. The van der Waals surface area contributed by atoms with Gasteiger partial charge in [0, 0.05) is 25.7 Å². The van der Waals surface area contributed by atoms with Crippen LogP contribution in [0.3, 0.4) is 0 Å². The van der Waals surface area contributed by atoms with Crippen LogP contribution < -0.4 is 5.32 Å². The summed E-state index contributed by atoms with van der Waals surface area (Å²) in [5.41, 5.74) is 1.45. The Labute approximate surface area is 123 Å². The van der Waals surface area contributed by atoms with Crippen LogP contribution in [0.2, 0.25) is 0 Å². The Morgan fingerprint density at radius 1 is 1.25 bits per heavy atom. The van der Waals surface area contributed by atoms with Gasteiger partial charge in [0.25, 0.3) is 0 Å². The van der Waals surface area contributed by atoms with Crippen molar-refractivity contribution < 1.29 is 5.11 Å². The summed E-state index contributed by atoms with van der Waals surface area (Å²) in [5, 5.41) is 12.5. The van der Waals surface area contributed by atoms with E-state index in [1.54, 1.807) is 0 Å². The van der Waals surface area contributed by atoms with E-state index in [1.807, 2.05) is 0 Å². The fourth-order valence-corrected chi connectivity index (χ4v) is 3.19. The molecule has 1 heterocycles. The van der Waals surface area contributed by atoms with Crippen LogP contribution in [-0.4, -0.2) is 48.8 Å². The van der Waals surface area contributed by atoms with Crippen molar-refractivity contribution in [1.29, 1.82) is 0 Å². The van der Waals surface area contributed by atoms with Crippen molar-refractivity contribution in [3.8, 4) is 0 Å². The number of hydrogen-bond donors (Lipinski definition) is 2. The minimum absolute atomic E-state index is 0.282. The highest BCUT2D eigenvalue weighted by atomic mass is 16.3. The number of likely N-dealkylation sites (N-methyl/N-ethyl adjacent to an activating group) is 1. The van der Waals surface area contributed by atoms with Gasteiger partial charge in [-0.05, 0) is 43.8 Å². The maximum Gasteiger partial charge on any atom is 0.0443 e. The first-order chi connectivity index (χ1) is 9.81. The molecule has 3 heteroatoms. The van der Waals surface area contributed by atoms with Gasteiger partial charge < -0.3 is 15.3 Å². The van der Waals surface area contributed by atoms with E-state index >= 15 is 0 Å². The minimum Gasteiger partial charge on any atom is -0.396 e. The molecule has 0 saturated carbocycles. The molecule has 3 nitrogen and oxygen atoms in total. The molecule has 1 aliphatic rings. The van der Waals surface area contributed by atoms with Gasteiger partial charge in [-0.25, -0.2) is 0 Å². The zero-order chi connectivity index (χ0) is 14.2. The van der Waals surface area contributed by atoms with E-state index in [-0.39, 0.29) is 6.61 Å². The zero-order valence-electron chi connectivity index (χ0n) is 12.6. The largest absolute Gasteiger partial charge is 0.396 e. The molecule has 0 amide bonds. The second-order valence-electron chi connectivity index (χ2n) is 5.87. The molecule has 0 spiro atoms. The molecule has 112 valence electrons. The SMILES string of the molecule is CCN1CC(Cc2ccccc2)CC(NCCCO)C1. The predicted octanol–water partition coefficient (Wildman–Crippen LogP) is 1.91. The van der Waals surface area contributed by atoms with Gasteiger partial charge in [-0.3, -0.25) is 0 Å². The minimum atomic E-state index is 0.282. The van der Waals surface area contributed by atoms with Gasteiger partial charge >= 0.3 is 0 Å². The Kier molecular flexibility index (Phi) is 6.51. The molecule has 1 aromatic rings. The summed E-state index contributed by atoms with van der Waals surface area (Å²) in [5.74, 6) is 0.734. The van der Waals surface area contributed by atoms with E-state index in [1.165, 1.54) is 24.9 Å². The zero-order valence-corrected chi connectivity index (χ0v) is 12.6. The van der Waals surface area contributed by atoms with E-state index in [2.05, 4.69) is 47.5 Å². The average molecular weight is 276 g/mol. The summed E-state index contributed by atoms with van der Waals surface area (Å²) in [7, 11) is 0. The first kappa shape index (κ1) is 15.5. The van der Waals surface area contributed by atoms with Gasteiger partial charge in [0.1, 0.15) is 0 Å². The normalized spacial score (nSPS) is 23.9. The molecule has 20 heavy (non-hydrogen) atoms. The van der Waals surface area contributed by atoms with Gasteiger partial charge in [0.2, 0.25) is 0 Å². The highest BCUT2D eigenvalue weighted by molar-refractivity contribution is 5.15. The van der Waals surface area contributed by atoms with Gasteiger partial charge in [-0.15, -0.1) is 0 Å². The van der Waals surface area contributed by atoms with Gasteiger partial charge in [0.15, 0.2) is 0 Å². The number of aliphatic hydroxyl groups is 1. The van der Waals surface area contributed by atoms with Crippen LogP contribution in [0.25, 0.3) is 0 Å². The molecule has 1 saturated heterocycles. The number of aliphatic hydroxyl groups excluding tert-OH is 1. The van der Waals surface area contributed by atoms with Crippen LogP contribution in [0, 0.1) is 5.92 Å².